The third-order valence-electron chi connectivity index (χ3n) is 1.94. The topological polar surface area (TPSA) is 78.3 Å². The van der Waals surface area contributed by atoms with Crippen LogP contribution in [0.1, 0.15) is 0 Å². The highest BCUT2D eigenvalue weighted by Gasteiger charge is 2.23. The third kappa shape index (κ3) is 1.62. The van der Waals surface area contributed by atoms with Crippen molar-refractivity contribution in [2.24, 2.45) is 11.5 Å². The molecule has 0 fully saturated rings. The van der Waals surface area contributed by atoms with Gasteiger partial charge in [0.05, 0.1) is 18.7 Å². The van der Waals surface area contributed by atoms with Crippen LogP contribution in [0.15, 0.2) is 35.6 Å². The zero-order valence-electron chi connectivity index (χ0n) is 7.41. The van der Waals surface area contributed by atoms with Gasteiger partial charge in [0.2, 0.25) is 0 Å². The fourth-order valence-electron chi connectivity index (χ4n) is 1.07. The lowest BCUT2D eigenvalue weighted by molar-refractivity contribution is -0.136. The summed E-state index contributed by atoms with van der Waals surface area (Å²) >= 11 is 0. The van der Waals surface area contributed by atoms with E-state index in [1.54, 1.807) is 12.2 Å². The van der Waals surface area contributed by atoms with E-state index in [0.717, 1.165) is 0 Å². The normalized spacial score (nSPS) is 22.0. The Morgan fingerprint density at radius 2 is 2.23 bits per heavy atom. The van der Waals surface area contributed by atoms with Crippen LogP contribution in [-0.4, -0.2) is 19.1 Å². The Hall–Kier alpha value is -1.55. The van der Waals surface area contributed by atoms with E-state index in [1.165, 1.54) is 7.11 Å². The Balaban J connectivity index is 3.00. The van der Waals surface area contributed by atoms with Crippen LogP contribution in [0, 0.1) is 0 Å². The number of nitrogens with two attached hydrogens (primary N) is 2. The Morgan fingerprint density at radius 1 is 1.62 bits per heavy atom. The van der Waals surface area contributed by atoms with Crippen LogP contribution in [0.3, 0.4) is 0 Å². The van der Waals surface area contributed by atoms with Gasteiger partial charge in [0.25, 0.3) is 0 Å². The van der Waals surface area contributed by atoms with E-state index >= 15 is 0 Å². The molecule has 0 bridgehead atoms. The van der Waals surface area contributed by atoms with Gasteiger partial charge in [0.15, 0.2) is 0 Å². The fourth-order valence-corrected chi connectivity index (χ4v) is 1.07. The number of carbonyl (C=O) groups is 1. The number of ether oxygens (including phenoxy) is 1. The number of allylic oxidation sites excluding steroid dienone is 2. The molecule has 0 aromatic rings. The molecule has 4 heteroatoms. The molecular formula is C9H12N2O2. The van der Waals surface area contributed by atoms with Crippen molar-refractivity contribution in [3.05, 3.63) is 35.6 Å². The molecule has 1 atom stereocenters. The van der Waals surface area contributed by atoms with Gasteiger partial charge in [-0.2, -0.15) is 0 Å². The van der Waals surface area contributed by atoms with Crippen molar-refractivity contribution in [2.75, 3.05) is 7.11 Å². The molecule has 0 saturated carbocycles. The number of methoxy groups -OCH3 is 1. The first-order chi connectivity index (χ1) is 6.07. The summed E-state index contributed by atoms with van der Waals surface area (Å²) in [5, 5.41) is 0. The van der Waals surface area contributed by atoms with E-state index < -0.39 is 12.0 Å². The number of hydrogen-bond donors (Lipinski definition) is 2. The monoisotopic (exact) mass is 180 g/mol. The quantitative estimate of drug-likeness (QED) is 0.549. The van der Waals surface area contributed by atoms with E-state index in [4.69, 9.17) is 11.5 Å². The van der Waals surface area contributed by atoms with Gasteiger partial charge < -0.3 is 16.2 Å². The first-order valence-electron chi connectivity index (χ1n) is 3.78. The zero-order valence-corrected chi connectivity index (χ0v) is 7.41. The van der Waals surface area contributed by atoms with Crippen molar-refractivity contribution >= 4 is 5.97 Å². The SMILES string of the molecule is C=C1C(N)=CC=C(C(=O)OC)C1N. The van der Waals surface area contributed by atoms with Crippen molar-refractivity contribution in [3.63, 3.8) is 0 Å². The summed E-state index contributed by atoms with van der Waals surface area (Å²) in [6.45, 7) is 3.68. The largest absolute Gasteiger partial charge is 0.466 e. The molecule has 13 heavy (non-hydrogen) atoms. The summed E-state index contributed by atoms with van der Waals surface area (Å²) in [5.41, 5.74) is 12.7. The maximum atomic E-state index is 11.1. The average Bonchev–Trinajstić information content (AvgIpc) is 2.13. The van der Waals surface area contributed by atoms with Gasteiger partial charge in [-0.3, -0.25) is 0 Å². The molecule has 1 unspecified atom stereocenters. The van der Waals surface area contributed by atoms with Gasteiger partial charge in [-0.25, -0.2) is 4.79 Å². The predicted octanol–water partition coefficient (Wildman–Crippen LogP) is -0.174. The highest BCUT2D eigenvalue weighted by molar-refractivity contribution is 5.91. The molecule has 1 rings (SSSR count). The zero-order chi connectivity index (χ0) is 10.0. The minimum absolute atomic E-state index is 0.377. The summed E-state index contributed by atoms with van der Waals surface area (Å²) in [6, 6.07) is -0.558. The lowest BCUT2D eigenvalue weighted by Gasteiger charge is -2.20. The Kier molecular flexibility index (Phi) is 2.53. The van der Waals surface area contributed by atoms with Crippen LogP contribution in [0.2, 0.25) is 0 Å². The van der Waals surface area contributed by atoms with Gasteiger partial charge in [0.1, 0.15) is 0 Å². The van der Waals surface area contributed by atoms with Gasteiger partial charge >= 0.3 is 5.97 Å². The molecule has 0 heterocycles. The highest BCUT2D eigenvalue weighted by Crippen LogP contribution is 2.19. The molecule has 0 aromatic carbocycles. The second-order valence-corrected chi connectivity index (χ2v) is 2.74. The van der Waals surface area contributed by atoms with Gasteiger partial charge in [-0.15, -0.1) is 0 Å². The number of hydrogen-bond acceptors (Lipinski definition) is 4. The molecular weight excluding hydrogens is 168 g/mol. The fraction of sp³-hybridized carbons (Fsp3) is 0.222. The van der Waals surface area contributed by atoms with E-state index in [1.807, 2.05) is 0 Å². The van der Waals surface area contributed by atoms with Crippen LogP contribution >= 0.6 is 0 Å². The summed E-state index contributed by atoms with van der Waals surface area (Å²) in [4.78, 5) is 11.1. The van der Waals surface area contributed by atoms with Crippen LogP contribution in [0.4, 0.5) is 0 Å². The Bertz CT molecular complexity index is 316. The first-order valence-corrected chi connectivity index (χ1v) is 3.78. The van der Waals surface area contributed by atoms with Crippen molar-refractivity contribution in [3.8, 4) is 0 Å². The van der Waals surface area contributed by atoms with E-state index in [9.17, 15) is 4.79 Å². The van der Waals surface area contributed by atoms with Crippen molar-refractivity contribution in [1.29, 1.82) is 0 Å². The minimum Gasteiger partial charge on any atom is -0.466 e. The van der Waals surface area contributed by atoms with Gasteiger partial charge in [-0.1, -0.05) is 6.58 Å². The van der Waals surface area contributed by atoms with Crippen LogP contribution < -0.4 is 11.5 Å². The van der Waals surface area contributed by atoms with Crippen molar-refractivity contribution < 1.29 is 9.53 Å². The predicted molar refractivity (Wildman–Crippen MR) is 49.5 cm³/mol. The Labute approximate surface area is 76.5 Å². The number of esters is 1. The van der Waals surface area contributed by atoms with Crippen molar-refractivity contribution in [2.45, 2.75) is 6.04 Å². The van der Waals surface area contributed by atoms with Gasteiger partial charge in [0, 0.05) is 5.70 Å². The van der Waals surface area contributed by atoms with E-state index in [0.29, 0.717) is 16.8 Å². The van der Waals surface area contributed by atoms with E-state index in [2.05, 4.69) is 11.3 Å². The highest BCUT2D eigenvalue weighted by atomic mass is 16.5. The molecule has 1 aliphatic rings. The second kappa shape index (κ2) is 3.45. The minimum atomic E-state index is -0.558. The molecule has 0 saturated heterocycles. The number of rotatable bonds is 1. The maximum Gasteiger partial charge on any atom is 0.335 e. The van der Waals surface area contributed by atoms with Crippen LogP contribution in [0.25, 0.3) is 0 Å². The summed E-state index contributed by atoms with van der Waals surface area (Å²) in [6.07, 6.45) is 3.15. The molecule has 0 aliphatic heterocycles. The van der Waals surface area contributed by atoms with Crippen molar-refractivity contribution in [1.82, 2.24) is 0 Å². The molecule has 0 radical (unpaired) electrons. The molecule has 0 spiro atoms. The smallest absolute Gasteiger partial charge is 0.335 e. The average molecular weight is 180 g/mol. The first kappa shape index (κ1) is 9.54. The molecule has 4 nitrogen and oxygen atoms in total. The molecule has 70 valence electrons. The van der Waals surface area contributed by atoms with Gasteiger partial charge in [-0.05, 0) is 17.7 Å². The molecule has 0 aromatic heterocycles. The molecule has 4 N–H and O–H groups in total. The van der Waals surface area contributed by atoms with E-state index in [-0.39, 0.29) is 0 Å². The Morgan fingerprint density at radius 3 is 2.77 bits per heavy atom. The lowest BCUT2D eigenvalue weighted by atomic mass is 9.93. The van der Waals surface area contributed by atoms with Crippen LogP contribution in [-0.2, 0) is 9.53 Å². The maximum absolute atomic E-state index is 11.1. The third-order valence-corrected chi connectivity index (χ3v) is 1.94. The summed E-state index contributed by atoms with van der Waals surface area (Å²) in [5.74, 6) is -0.447. The second-order valence-electron chi connectivity index (χ2n) is 2.74. The van der Waals surface area contributed by atoms with Crippen LogP contribution in [0.5, 0.6) is 0 Å². The summed E-state index contributed by atoms with van der Waals surface area (Å²) in [7, 11) is 1.31. The molecule has 0 amide bonds. The molecule has 1 aliphatic carbocycles. The summed E-state index contributed by atoms with van der Waals surface area (Å²) < 4.78 is 4.55. The standard InChI is InChI=1S/C9H12N2O2/c1-5-7(10)4-3-6(8(5)11)9(12)13-2/h3-4,8H,1,10-11H2,2H3. The lowest BCUT2D eigenvalue weighted by Crippen LogP contribution is -2.33. The number of carbonyl (C=O) groups excluding carboxylic acids is 1.